The molecule has 7 nitrogen and oxygen atoms in total. The van der Waals surface area contributed by atoms with Crippen LogP contribution in [0.25, 0.3) is 10.4 Å². The highest BCUT2D eigenvalue weighted by Crippen LogP contribution is 2.40. The first-order valence-electron chi connectivity index (χ1n) is 13.8. The summed E-state index contributed by atoms with van der Waals surface area (Å²) in [7, 11) is 2.02. The third-order valence-electron chi connectivity index (χ3n) is 7.48. The van der Waals surface area contributed by atoms with Crippen molar-refractivity contribution in [2.45, 2.75) is 91.0 Å². The topological polar surface area (TPSA) is 91.4 Å². The summed E-state index contributed by atoms with van der Waals surface area (Å²) in [6.07, 6.45) is 2.61. The lowest BCUT2D eigenvalue weighted by Gasteiger charge is -2.35. The van der Waals surface area contributed by atoms with Crippen LogP contribution in [0.2, 0.25) is 0 Å². The number of nitrogens with zero attached hydrogens (tertiary/aromatic N) is 2. The van der Waals surface area contributed by atoms with Crippen LogP contribution in [0, 0.1) is 18.3 Å². The van der Waals surface area contributed by atoms with Crippen molar-refractivity contribution in [2.75, 3.05) is 13.6 Å². The third kappa shape index (κ3) is 7.51. The van der Waals surface area contributed by atoms with Crippen LogP contribution < -0.4 is 10.6 Å². The van der Waals surface area contributed by atoms with Gasteiger partial charge in [0.2, 0.25) is 5.91 Å². The van der Waals surface area contributed by atoms with Crippen molar-refractivity contribution in [3.63, 3.8) is 0 Å². The molecule has 1 saturated carbocycles. The molecule has 2 fully saturated rings. The molecule has 0 radical (unpaired) electrons. The van der Waals surface area contributed by atoms with Crippen LogP contribution in [-0.2, 0) is 14.4 Å². The van der Waals surface area contributed by atoms with Crippen LogP contribution in [-0.4, -0.2) is 59.3 Å². The number of likely N-dealkylation sites (tertiary alicyclic amines) is 1. The molecule has 2 amide bonds. The van der Waals surface area contributed by atoms with Gasteiger partial charge in [0.25, 0.3) is 5.91 Å². The molecule has 9 heteroatoms. The standard InChI is InChI=1S/C15H23FN2O3.C15H20N2S/c1-14(2,3)11(17-13(21)15(16)6-7-15)12(20)18-8-4-5-10(18)9-19;1-10(2)14(16-4)12-5-7-13(8-6-12)15-11(3)17-9-18-15/h9-11H,4-8H2,1-3H3,(H,17,21);5-10,14,16H,1-4H3. The molecule has 2 heterocycles. The lowest BCUT2D eigenvalue weighted by atomic mass is 9.85. The first-order chi connectivity index (χ1) is 18.3. The number of nitrogens with one attached hydrogen (secondary N) is 2. The second-order valence-electron chi connectivity index (χ2n) is 12.0. The maximum Gasteiger partial charge on any atom is 0.258 e. The van der Waals surface area contributed by atoms with Gasteiger partial charge in [-0.25, -0.2) is 9.37 Å². The zero-order chi connectivity index (χ0) is 29.0. The molecule has 2 aliphatic rings. The van der Waals surface area contributed by atoms with E-state index < -0.39 is 29.1 Å². The number of hydrogen-bond donors (Lipinski definition) is 2. The number of aromatic nitrogens is 1. The molecular formula is C30H43FN4O3S. The van der Waals surface area contributed by atoms with E-state index in [1.165, 1.54) is 20.9 Å². The van der Waals surface area contributed by atoms with Gasteiger partial charge in [-0.05, 0) is 62.1 Å². The summed E-state index contributed by atoms with van der Waals surface area (Å²) in [5.74, 6) is -0.418. The van der Waals surface area contributed by atoms with E-state index >= 15 is 0 Å². The van der Waals surface area contributed by atoms with Gasteiger partial charge in [-0.15, -0.1) is 11.3 Å². The number of alkyl halides is 1. The summed E-state index contributed by atoms with van der Waals surface area (Å²) in [5.41, 5.74) is 3.27. The molecule has 1 aliphatic heterocycles. The maximum absolute atomic E-state index is 13.8. The fraction of sp³-hybridized carbons (Fsp3) is 0.600. The van der Waals surface area contributed by atoms with Crippen LogP contribution in [0.4, 0.5) is 4.39 Å². The first-order valence-corrected chi connectivity index (χ1v) is 14.6. The Bertz CT molecular complexity index is 1140. The highest BCUT2D eigenvalue weighted by molar-refractivity contribution is 7.13. The lowest BCUT2D eigenvalue weighted by Crippen LogP contribution is -2.57. The van der Waals surface area contributed by atoms with Crippen molar-refractivity contribution in [3.8, 4) is 10.4 Å². The number of thiazole rings is 1. The first kappa shape index (κ1) is 30.9. The molecule has 2 N–H and O–H groups in total. The number of benzene rings is 1. The fourth-order valence-electron chi connectivity index (χ4n) is 4.92. The number of carbonyl (C=O) groups is 3. The third-order valence-corrected chi connectivity index (χ3v) is 8.46. The normalized spacial score (nSPS) is 19.6. The molecule has 3 unspecified atom stereocenters. The Balaban J connectivity index is 0.000000218. The second kappa shape index (κ2) is 12.7. The van der Waals surface area contributed by atoms with Crippen LogP contribution in [0.3, 0.4) is 0 Å². The van der Waals surface area contributed by atoms with Crippen LogP contribution in [0.5, 0.6) is 0 Å². The highest BCUT2D eigenvalue weighted by atomic mass is 32.1. The van der Waals surface area contributed by atoms with Gasteiger partial charge in [-0.3, -0.25) is 9.59 Å². The Hall–Kier alpha value is -2.65. The Kier molecular flexibility index (Phi) is 10.0. The predicted octanol–water partition coefficient (Wildman–Crippen LogP) is 5.24. The van der Waals surface area contributed by atoms with E-state index in [0.717, 1.165) is 18.4 Å². The predicted molar refractivity (Wildman–Crippen MR) is 154 cm³/mol. The zero-order valence-electron chi connectivity index (χ0n) is 24.2. The number of halogens is 1. The van der Waals surface area contributed by atoms with Crippen LogP contribution in [0.15, 0.2) is 29.8 Å². The van der Waals surface area contributed by atoms with Gasteiger partial charge in [0.1, 0.15) is 12.3 Å². The summed E-state index contributed by atoms with van der Waals surface area (Å²) in [4.78, 5) is 42.7. The number of carbonyl (C=O) groups excluding carboxylic acids is 3. The molecular weight excluding hydrogens is 515 g/mol. The van der Waals surface area contributed by atoms with Crippen molar-refractivity contribution in [1.82, 2.24) is 20.5 Å². The molecule has 4 rings (SSSR count). The second-order valence-corrected chi connectivity index (χ2v) is 12.9. The molecule has 1 aromatic carbocycles. The van der Waals surface area contributed by atoms with Gasteiger partial charge < -0.3 is 20.3 Å². The van der Waals surface area contributed by atoms with Gasteiger partial charge in [-0.1, -0.05) is 58.9 Å². The molecule has 214 valence electrons. The maximum atomic E-state index is 13.8. The summed E-state index contributed by atoms with van der Waals surface area (Å²) >= 11 is 1.70. The van der Waals surface area contributed by atoms with E-state index in [9.17, 15) is 18.8 Å². The molecule has 39 heavy (non-hydrogen) atoms. The van der Waals surface area contributed by atoms with E-state index in [4.69, 9.17) is 0 Å². The van der Waals surface area contributed by atoms with Crippen molar-refractivity contribution >= 4 is 29.4 Å². The Morgan fingerprint density at radius 3 is 2.31 bits per heavy atom. The van der Waals surface area contributed by atoms with Gasteiger partial charge >= 0.3 is 0 Å². The van der Waals surface area contributed by atoms with Crippen LogP contribution >= 0.6 is 11.3 Å². The van der Waals surface area contributed by atoms with E-state index in [-0.39, 0.29) is 18.7 Å². The average Bonchev–Trinajstić information content (AvgIpc) is 3.27. The quantitative estimate of drug-likeness (QED) is 0.432. The smallest absolute Gasteiger partial charge is 0.258 e. The molecule has 0 bridgehead atoms. The monoisotopic (exact) mass is 558 g/mol. The molecule has 2 aromatic rings. The van der Waals surface area contributed by atoms with Crippen molar-refractivity contribution in [3.05, 3.63) is 41.0 Å². The summed E-state index contributed by atoms with van der Waals surface area (Å²) in [6.45, 7) is 12.5. The van der Waals surface area contributed by atoms with E-state index in [1.807, 2.05) is 33.3 Å². The van der Waals surface area contributed by atoms with Crippen molar-refractivity contribution in [1.29, 1.82) is 0 Å². The number of aldehydes is 1. The van der Waals surface area contributed by atoms with Crippen molar-refractivity contribution < 1.29 is 18.8 Å². The summed E-state index contributed by atoms with van der Waals surface area (Å²) < 4.78 is 13.8. The highest BCUT2D eigenvalue weighted by Gasteiger charge is 2.53. The lowest BCUT2D eigenvalue weighted by molar-refractivity contribution is -0.142. The number of amides is 2. The minimum absolute atomic E-state index is 0.213. The molecule has 3 atom stereocenters. The Morgan fingerprint density at radius 2 is 1.85 bits per heavy atom. The van der Waals surface area contributed by atoms with Gasteiger partial charge in [0.05, 0.1) is 22.1 Å². The van der Waals surface area contributed by atoms with E-state index in [1.54, 1.807) is 11.3 Å². The SMILES string of the molecule is CC(C)(C)C(NC(=O)C1(F)CC1)C(=O)N1CCCC1C=O.CNC(c1ccc(-c2scnc2C)cc1)C(C)C. The largest absolute Gasteiger partial charge is 0.341 e. The summed E-state index contributed by atoms with van der Waals surface area (Å²) in [5, 5.41) is 5.93. The number of hydrogen-bond acceptors (Lipinski definition) is 6. The van der Waals surface area contributed by atoms with Gasteiger partial charge in [-0.2, -0.15) is 0 Å². The van der Waals surface area contributed by atoms with Crippen molar-refractivity contribution in [2.24, 2.45) is 11.3 Å². The Morgan fingerprint density at radius 1 is 1.21 bits per heavy atom. The van der Waals surface area contributed by atoms with Crippen LogP contribution in [0.1, 0.15) is 77.6 Å². The molecule has 1 aliphatic carbocycles. The van der Waals surface area contributed by atoms with Gasteiger partial charge in [0, 0.05) is 12.6 Å². The molecule has 0 spiro atoms. The van der Waals surface area contributed by atoms with E-state index in [2.05, 4.69) is 60.7 Å². The number of aryl methyl sites for hydroxylation is 1. The molecule has 1 aromatic heterocycles. The van der Waals surface area contributed by atoms with E-state index in [0.29, 0.717) is 24.9 Å². The van der Waals surface area contributed by atoms with Gasteiger partial charge in [0.15, 0.2) is 5.67 Å². The number of rotatable bonds is 8. The average molecular weight is 559 g/mol. The fourth-order valence-corrected chi connectivity index (χ4v) is 5.74. The minimum Gasteiger partial charge on any atom is -0.341 e. The minimum atomic E-state index is -1.81. The summed E-state index contributed by atoms with van der Waals surface area (Å²) in [6, 6.07) is 8.00. The molecule has 1 saturated heterocycles. The zero-order valence-corrected chi connectivity index (χ0v) is 25.0. The Labute approximate surface area is 236 Å².